The summed E-state index contributed by atoms with van der Waals surface area (Å²) in [6, 6.07) is 4.36. The Bertz CT molecular complexity index is 448. The molecule has 0 aliphatic rings. The van der Waals surface area contributed by atoms with Crippen molar-refractivity contribution >= 4 is 24.3 Å². The van der Waals surface area contributed by atoms with E-state index in [0.29, 0.717) is 4.90 Å². The quantitative estimate of drug-likeness (QED) is 0.543. The van der Waals surface area contributed by atoms with Gasteiger partial charge in [-0.3, -0.25) is 0 Å². The van der Waals surface area contributed by atoms with Crippen LogP contribution in [-0.4, -0.2) is 11.1 Å². The van der Waals surface area contributed by atoms with Gasteiger partial charge in [-0.15, -0.1) is 12.6 Å². The fraction of sp³-hybridized carbons (Fsp3) is 0. The van der Waals surface area contributed by atoms with Crippen molar-refractivity contribution in [3.8, 4) is 6.07 Å². The predicted molar refractivity (Wildman–Crippen MR) is 51.6 cm³/mol. The largest absolute Gasteiger partial charge is 0.479 e. The van der Waals surface area contributed by atoms with E-state index < -0.39 is 5.97 Å². The average molecular weight is 204 g/mol. The minimum atomic E-state index is -1.28. The van der Waals surface area contributed by atoms with Gasteiger partial charge in [0.05, 0.1) is 23.8 Å². The lowest BCUT2D eigenvalue weighted by molar-refractivity contribution is 0.0698. The van der Waals surface area contributed by atoms with Gasteiger partial charge in [-0.1, -0.05) is 0 Å². The highest BCUT2D eigenvalue weighted by molar-refractivity contribution is 7.80. The van der Waals surface area contributed by atoms with E-state index in [-0.39, 0.29) is 16.8 Å². The van der Waals surface area contributed by atoms with Crippen LogP contribution in [0, 0.1) is 17.9 Å². The molecule has 0 unspecified atom stereocenters. The summed E-state index contributed by atoms with van der Waals surface area (Å²) in [6.45, 7) is 6.76. The maximum absolute atomic E-state index is 10.8. The number of carboxylic acid groups (broad SMARTS) is 1. The molecule has 14 heavy (non-hydrogen) atoms. The van der Waals surface area contributed by atoms with Gasteiger partial charge >= 0.3 is 5.97 Å². The number of aromatic carboxylic acids is 1. The van der Waals surface area contributed by atoms with Crippen molar-refractivity contribution in [3.63, 3.8) is 0 Å². The van der Waals surface area contributed by atoms with Crippen LogP contribution >= 0.6 is 12.6 Å². The second-order valence-corrected chi connectivity index (χ2v) is 2.93. The molecule has 1 aromatic rings. The van der Waals surface area contributed by atoms with Crippen molar-refractivity contribution in [3.05, 3.63) is 34.7 Å². The lowest BCUT2D eigenvalue weighted by Crippen LogP contribution is -2.00. The third-order valence-corrected chi connectivity index (χ3v) is 1.82. The molecule has 0 bridgehead atoms. The van der Waals surface area contributed by atoms with Crippen molar-refractivity contribution in [2.75, 3.05) is 0 Å². The van der Waals surface area contributed by atoms with Crippen LogP contribution in [0.5, 0.6) is 0 Å². The minimum absolute atomic E-state index is 0.0454. The summed E-state index contributed by atoms with van der Waals surface area (Å²) in [5.74, 6) is -1.28. The molecule has 0 heterocycles. The molecule has 1 aromatic carbocycles. The molecule has 68 valence electrons. The molecule has 0 atom stereocenters. The van der Waals surface area contributed by atoms with E-state index in [4.69, 9.17) is 16.9 Å². The Kier molecular flexibility index (Phi) is 2.76. The summed E-state index contributed by atoms with van der Waals surface area (Å²) in [5, 5.41) is 17.4. The Morgan fingerprint density at radius 2 is 2.29 bits per heavy atom. The summed E-state index contributed by atoms with van der Waals surface area (Å²) in [7, 11) is 0. The second kappa shape index (κ2) is 3.82. The molecule has 0 fully saturated rings. The average Bonchev–Trinajstić information content (AvgIpc) is 2.15. The van der Waals surface area contributed by atoms with Gasteiger partial charge in [0.15, 0.2) is 0 Å². The lowest BCUT2D eigenvalue weighted by atomic mass is 10.1. The fourth-order valence-corrected chi connectivity index (χ4v) is 1.26. The number of nitrogens with zero attached hydrogens (tertiary/aromatic N) is 2. The molecule has 0 saturated carbocycles. The normalized spacial score (nSPS) is 8.79. The Morgan fingerprint density at radius 1 is 1.64 bits per heavy atom. The zero-order valence-electron chi connectivity index (χ0n) is 6.85. The molecule has 4 nitrogen and oxygen atoms in total. The van der Waals surface area contributed by atoms with Crippen LogP contribution in [0.25, 0.3) is 4.85 Å². The van der Waals surface area contributed by atoms with Crippen LogP contribution in [0.15, 0.2) is 17.0 Å². The van der Waals surface area contributed by atoms with Crippen molar-refractivity contribution in [1.29, 1.82) is 5.26 Å². The second-order valence-electron chi connectivity index (χ2n) is 2.42. The van der Waals surface area contributed by atoms with E-state index >= 15 is 0 Å². The number of rotatable bonds is 1. The number of nitriles is 1. The van der Waals surface area contributed by atoms with Crippen LogP contribution in [0.3, 0.4) is 0 Å². The molecule has 1 rings (SSSR count). The first kappa shape index (κ1) is 10.1. The first-order valence-electron chi connectivity index (χ1n) is 3.48. The highest BCUT2D eigenvalue weighted by atomic mass is 32.1. The van der Waals surface area contributed by atoms with Crippen LogP contribution in [0.4, 0.5) is 5.69 Å². The number of carboxylic acids is 1. The molecular weight excluding hydrogens is 200 g/mol. The molecule has 0 aliphatic heterocycles. The summed E-state index contributed by atoms with van der Waals surface area (Å²) >= 11 is 3.96. The molecule has 1 N–H and O–H groups in total. The third kappa shape index (κ3) is 1.68. The molecule has 0 aromatic heterocycles. The van der Waals surface area contributed by atoms with E-state index in [1.165, 1.54) is 12.1 Å². The smallest absolute Gasteiger partial charge is 0.326 e. The lowest BCUT2D eigenvalue weighted by Gasteiger charge is -2.01. The third-order valence-electron chi connectivity index (χ3n) is 1.56. The Hall–Kier alpha value is -1.98. The van der Waals surface area contributed by atoms with Gasteiger partial charge in [0, 0.05) is 0 Å². The monoisotopic (exact) mass is 204 g/mol. The molecule has 5 heteroatoms. The highest BCUT2D eigenvalue weighted by Crippen LogP contribution is 2.26. The van der Waals surface area contributed by atoms with E-state index in [1.807, 2.05) is 0 Å². The van der Waals surface area contributed by atoms with Crippen molar-refractivity contribution in [2.24, 2.45) is 0 Å². The number of hydrogen-bond acceptors (Lipinski definition) is 3. The van der Waals surface area contributed by atoms with E-state index in [2.05, 4.69) is 17.5 Å². The van der Waals surface area contributed by atoms with Gasteiger partial charge < -0.3 is 5.11 Å². The summed E-state index contributed by atoms with van der Waals surface area (Å²) in [5.41, 5.74) is -0.377. The van der Waals surface area contributed by atoms with Gasteiger partial charge in [-0.25, -0.2) is 9.64 Å². The fourth-order valence-electron chi connectivity index (χ4n) is 1.01. The molecular formula is C9H4N2O2S. The number of benzene rings is 1. The van der Waals surface area contributed by atoms with E-state index in [1.54, 1.807) is 6.07 Å². The molecule has 0 radical (unpaired) electrons. The SMILES string of the molecule is [C-]#[N+]c1cc(S)cc(C#N)c1C(=O)O. The van der Waals surface area contributed by atoms with Gasteiger partial charge in [0.1, 0.15) is 0 Å². The molecule has 0 saturated heterocycles. The van der Waals surface area contributed by atoms with Crippen molar-refractivity contribution < 1.29 is 9.90 Å². The Labute approximate surface area is 85.6 Å². The topological polar surface area (TPSA) is 65.5 Å². The maximum atomic E-state index is 10.8. The number of thiol groups is 1. The van der Waals surface area contributed by atoms with Crippen LogP contribution < -0.4 is 0 Å². The first-order chi connectivity index (χ1) is 6.60. The zero-order valence-corrected chi connectivity index (χ0v) is 7.75. The van der Waals surface area contributed by atoms with Crippen LogP contribution in [0.2, 0.25) is 0 Å². The van der Waals surface area contributed by atoms with Gasteiger partial charge in [0.25, 0.3) is 0 Å². The summed E-state index contributed by atoms with van der Waals surface area (Å²) < 4.78 is 0. The summed E-state index contributed by atoms with van der Waals surface area (Å²) in [4.78, 5) is 14.2. The van der Waals surface area contributed by atoms with E-state index in [9.17, 15) is 4.79 Å². The highest BCUT2D eigenvalue weighted by Gasteiger charge is 2.16. The zero-order chi connectivity index (χ0) is 10.7. The number of hydrogen-bond donors (Lipinski definition) is 2. The molecule has 0 spiro atoms. The van der Waals surface area contributed by atoms with Crippen molar-refractivity contribution in [2.45, 2.75) is 4.90 Å². The maximum Gasteiger partial charge on any atom is 0.326 e. The first-order valence-corrected chi connectivity index (χ1v) is 3.92. The van der Waals surface area contributed by atoms with Crippen LogP contribution in [-0.2, 0) is 0 Å². The Balaban J connectivity index is 3.61. The number of carbonyl (C=O) groups is 1. The minimum Gasteiger partial charge on any atom is -0.479 e. The molecule has 0 amide bonds. The standard InChI is InChI=1S/C9H4N2O2S/c1-11-7-3-6(14)2-5(4-10)8(7)9(12)13/h2-3,14H,(H,12,13). The molecule has 0 aliphatic carbocycles. The van der Waals surface area contributed by atoms with Crippen LogP contribution in [0.1, 0.15) is 15.9 Å². The van der Waals surface area contributed by atoms with Gasteiger partial charge in [-0.05, 0) is 17.0 Å². The predicted octanol–water partition coefficient (Wildman–Crippen LogP) is 2.10. The van der Waals surface area contributed by atoms with Gasteiger partial charge in [0.2, 0.25) is 5.69 Å². The summed E-state index contributed by atoms with van der Waals surface area (Å²) in [6.07, 6.45) is 0. The Morgan fingerprint density at radius 3 is 2.71 bits per heavy atom. The van der Waals surface area contributed by atoms with E-state index in [0.717, 1.165) is 0 Å². The van der Waals surface area contributed by atoms with Crippen molar-refractivity contribution in [1.82, 2.24) is 0 Å². The van der Waals surface area contributed by atoms with Gasteiger partial charge in [-0.2, -0.15) is 5.26 Å².